The summed E-state index contributed by atoms with van der Waals surface area (Å²) in [6, 6.07) is 0. The van der Waals surface area contributed by atoms with Gasteiger partial charge in [-0.2, -0.15) is 0 Å². The highest BCUT2D eigenvalue weighted by Crippen LogP contribution is 1.87. The van der Waals surface area contributed by atoms with Gasteiger partial charge in [0.1, 0.15) is 12.4 Å². The second kappa shape index (κ2) is 6.04. The van der Waals surface area contributed by atoms with Gasteiger partial charge in [0.15, 0.2) is 5.78 Å². The molecule has 0 fully saturated rings. The van der Waals surface area contributed by atoms with Gasteiger partial charge in [-0.25, -0.2) is 0 Å². The zero-order valence-electron chi connectivity index (χ0n) is 7.05. The molecule has 0 heterocycles. The molecule has 0 aliphatic carbocycles. The summed E-state index contributed by atoms with van der Waals surface area (Å²) in [7, 11) is 0. The van der Waals surface area contributed by atoms with E-state index < -0.39 is 0 Å². The number of carbonyl (C=O) groups excluding carboxylic acids is 2. The molecule has 0 aromatic rings. The molecule has 3 nitrogen and oxygen atoms in total. The third kappa shape index (κ3) is 7.19. The van der Waals surface area contributed by atoms with Crippen LogP contribution < -0.4 is 0 Å². The zero-order valence-corrected chi connectivity index (χ0v) is 7.05. The van der Waals surface area contributed by atoms with Crippen LogP contribution in [0.3, 0.4) is 0 Å². The predicted molar refractivity (Wildman–Crippen MR) is 41.4 cm³/mol. The molecule has 0 unspecified atom stereocenters. The minimum Gasteiger partial charge on any atom is -0.374 e. The number of rotatable bonds is 6. The fourth-order valence-corrected chi connectivity index (χ4v) is 0.659. The van der Waals surface area contributed by atoms with E-state index >= 15 is 0 Å². The zero-order chi connectivity index (χ0) is 8.69. The van der Waals surface area contributed by atoms with E-state index in [2.05, 4.69) is 0 Å². The standard InChI is InChI=1S/C8H14O3/c1-3-4-11-6-8(10)5-7(2)9/h3-6H2,1-2H3. The van der Waals surface area contributed by atoms with Gasteiger partial charge in [0, 0.05) is 6.61 Å². The second-order valence-electron chi connectivity index (χ2n) is 2.47. The van der Waals surface area contributed by atoms with Crippen molar-refractivity contribution in [1.82, 2.24) is 0 Å². The van der Waals surface area contributed by atoms with E-state index in [-0.39, 0.29) is 24.6 Å². The molecule has 11 heavy (non-hydrogen) atoms. The Morgan fingerprint density at radius 3 is 2.45 bits per heavy atom. The number of Topliss-reactive ketones (excluding diaryl/α,β-unsaturated/α-hetero) is 2. The molecule has 0 aliphatic rings. The molecule has 0 aromatic heterocycles. The Bertz CT molecular complexity index is 140. The van der Waals surface area contributed by atoms with Crippen LogP contribution in [0.2, 0.25) is 0 Å². The van der Waals surface area contributed by atoms with Crippen molar-refractivity contribution in [1.29, 1.82) is 0 Å². The largest absolute Gasteiger partial charge is 0.374 e. The summed E-state index contributed by atoms with van der Waals surface area (Å²) < 4.78 is 4.94. The molecule has 0 rings (SSSR count). The molecule has 64 valence electrons. The van der Waals surface area contributed by atoms with E-state index in [9.17, 15) is 9.59 Å². The Balaban J connectivity index is 3.30. The van der Waals surface area contributed by atoms with E-state index in [0.29, 0.717) is 6.61 Å². The minimum absolute atomic E-state index is 0.00368. The first-order valence-electron chi connectivity index (χ1n) is 3.75. The van der Waals surface area contributed by atoms with Gasteiger partial charge >= 0.3 is 0 Å². The van der Waals surface area contributed by atoms with E-state index in [1.165, 1.54) is 6.92 Å². The normalized spacial score (nSPS) is 9.64. The lowest BCUT2D eigenvalue weighted by atomic mass is 10.2. The lowest BCUT2D eigenvalue weighted by Crippen LogP contribution is -2.12. The van der Waals surface area contributed by atoms with E-state index in [4.69, 9.17) is 4.74 Å². The van der Waals surface area contributed by atoms with Crippen molar-refractivity contribution in [3.05, 3.63) is 0 Å². The Morgan fingerprint density at radius 2 is 2.00 bits per heavy atom. The maximum absolute atomic E-state index is 10.8. The van der Waals surface area contributed by atoms with Crippen molar-refractivity contribution in [2.24, 2.45) is 0 Å². The van der Waals surface area contributed by atoms with Crippen LogP contribution in [-0.4, -0.2) is 24.8 Å². The number of ketones is 2. The van der Waals surface area contributed by atoms with Crippen molar-refractivity contribution < 1.29 is 14.3 Å². The van der Waals surface area contributed by atoms with Gasteiger partial charge in [-0.1, -0.05) is 6.92 Å². The quantitative estimate of drug-likeness (QED) is 0.427. The van der Waals surface area contributed by atoms with Gasteiger partial charge < -0.3 is 4.74 Å². The van der Waals surface area contributed by atoms with Crippen molar-refractivity contribution in [3.63, 3.8) is 0 Å². The summed E-state index contributed by atoms with van der Waals surface area (Å²) in [5.74, 6) is -0.235. The average molecular weight is 158 g/mol. The van der Waals surface area contributed by atoms with Crippen LogP contribution >= 0.6 is 0 Å². The highest BCUT2D eigenvalue weighted by Gasteiger charge is 2.03. The van der Waals surface area contributed by atoms with E-state index in [1.54, 1.807) is 0 Å². The van der Waals surface area contributed by atoms with Crippen LogP contribution in [0.1, 0.15) is 26.7 Å². The van der Waals surface area contributed by atoms with Crippen molar-refractivity contribution in [2.75, 3.05) is 13.2 Å². The summed E-state index contributed by atoms with van der Waals surface area (Å²) >= 11 is 0. The van der Waals surface area contributed by atoms with Gasteiger partial charge in [0.25, 0.3) is 0 Å². The van der Waals surface area contributed by atoms with Gasteiger partial charge in [-0.3, -0.25) is 9.59 Å². The Hall–Kier alpha value is -0.700. The third-order valence-electron chi connectivity index (χ3n) is 1.06. The minimum atomic E-state index is -0.133. The molecule has 0 aliphatic heterocycles. The molecule has 0 aromatic carbocycles. The second-order valence-corrected chi connectivity index (χ2v) is 2.47. The topological polar surface area (TPSA) is 43.4 Å². The summed E-state index contributed by atoms with van der Waals surface area (Å²) in [5, 5.41) is 0. The number of hydrogen-bond acceptors (Lipinski definition) is 3. The average Bonchev–Trinajstić information content (AvgIpc) is 1.86. The Morgan fingerprint density at radius 1 is 1.36 bits per heavy atom. The molecule has 0 saturated heterocycles. The van der Waals surface area contributed by atoms with Crippen molar-refractivity contribution in [3.8, 4) is 0 Å². The molecule has 0 saturated carbocycles. The molecule has 0 atom stereocenters. The van der Waals surface area contributed by atoms with Gasteiger partial charge in [-0.05, 0) is 13.3 Å². The summed E-state index contributed by atoms with van der Waals surface area (Å²) in [6.45, 7) is 4.03. The highest BCUT2D eigenvalue weighted by molar-refractivity contribution is 5.98. The molecular weight excluding hydrogens is 144 g/mol. The molecule has 0 N–H and O–H groups in total. The molecule has 3 heteroatoms. The van der Waals surface area contributed by atoms with Crippen molar-refractivity contribution in [2.45, 2.75) is 26.7 Å². The van der Waals surface area contributed by atoms with Crippen LogP contribution in [-0.2, 0) is 14.3 Å². The smallest absolute Gasteiger partial charge is 0.165 e. The summed E-state index contributed by atoms with van der Waals surface area (Å²) in [6.07, 6.45) is 0.900. The molecule has 0 bridgehead atoms. The summed E-state index contributed by atoms with van der Waals surface area (Å²) in [4.78, 5) is 21.2. The van der Waals surface area contributed by atoms with Crippen molar-refractivity contribution >= 4 is 11.6 Å². The fourth-order valence-electron chi connectivity index (χ4n) is 0.659. The Kier molecular flexibility index (Phi) is 5.65. The third-order valence-corrected chi connectivity index (χ3v) is 1.06. The predicted octanol–water partition coefficient (Wildman–Crippen LogP) is 0.961. The fraction of sp³-hybridized carbons (Fsp3) is 0.750. The molecular formula is C8H14O3. The summed E-state index contributed by atoms with van der Waals surface area (Å²) in [5.41, 5.74) is 0. The first kappa shape index (κ1) is 10.3. The number of hydrogen-bond donors (Lipinski definition) is 0. The Labute approximate surface area is 66.7 Å². The first-order valence-corrected chi connectivity index (χ1v) is 3.75. The monoisotopic (exact) mass is 158 g/mol. The lowest BCUT2D eigenvalue weighted by molar-refractivity contribution is -0.128. The van der Waals surface area contributed by atoms with E-state index in [1.807, 2.05) is 6.92 Å². The van der Waals surface area contributed by atoms with Crippen LogP contribution in [0.5, 0.6) is 0 Å². The van der Waals surface area contributed by atoms with Gasteiger partial charge in [0.05, 0.1) is 6.42 Å². The maximum Gasteiger partial charge on any atom is 0.165 e. The van der Waals surface area contributed by atoms with E-state index in [0.717, 1.165) is 6.42 Å². The molecule has 0 spiro atoms. The van der Waals surface area contributed by atoms with Crippen LogP contribution in [0.25, 0.3) is 0 Å². The highest BCUT2D eigenvalue weighted by atomic mass is 16.5. The SMILES string of the molecule is CCCOCC(=O)CC(C)=O. The number of ether oxygens (including phenoxy) is 1. The lowest BCUT2D eigenvalue weighted by Gasteiger charge is -1.98. The molecule has 0 radical (unpaired) electrons. The maximum atomic E-state index is 10.8. The molecule has 0 amide bonds. The van der Waals surface area contributed by atoms with Crippen LogP contribution in [0, 0.1) is 0 Å². The first-order chi connectivity index (χ1) is 5.16. The van der Waals surface area contributed by atoms with Crippen LogP contribution in [0.4, 0.5) is 0 Å². The van der Waals surface area contributed by atoms with Crippen LogP contribution in [0.15, 0.2) is 0 Å². The van der Waals surface area contributed by atoms with Gasteiger partial charge in [-0.15, -0.1) is 0 Å². The van der Waals surface area contributed by atoms with Gasteiger partial charge in [0.2, 0.25) is 0 Å². The number of carbonyl (C=O) groups is 2.